The van der Waals surface area contributed by atoms with E-state index in [0.717, 1.165) is 12.8 Å². The first-order chi connectivity index (χ1) is 9.43. The van der Waals surface area contributed by atoms with Gasteiger partial charge in [-0.1, -0.05) is 27.2 Å². The van der Waals surface area contributed by atoms with Crippen molar-refractivity contribution in [1.82, 2.24) is 5.32 Å². The quantitative estimate of drug-likeness (QED) is 0.838. The Bertz CT molecular complexity index is 452. The van der Waals surface area contributed by atoms with Gasteiger partial charge in [0, 0.05) is 23.2 Å². The molecule has 0 bridgehead atoms. The van der Waals surface area contributed by atoms with Crippen molar-refractivity contribution in [3.8, 4) is 0 Å². The summed E-state index contributed by atoms with van der Waals surface area (Å²) in [5.74, 6) is -0.167. The molecular weight excluding hydrogens is 252 g/mol. The number of nitrogens with one attached hydrogen (secondary N) is 2. The lowest BCUT2D eigenvalue weighted by Gasteiger charge is -2.13. The Morgan fingerprint density at radius 2 is 1.70 bits per heavy atom. The van der Waals surface area contributed by atoms with Gasteiger partial charge in [0.15, 0.2) is 0 Å². The van der Waals surface area contributed by atoms with E-state index in [1.807, 2.05) is 20.8 Å². The highest BCUT2D eigenvalue weighted by Gasteiger charge is 2.10. The van der Waals surface area contributed by atoms with Gasteiger partial charge in [-0.15, -0.1) is 0 Å². The Balaban J connectivity index is 2.62. The maximum absolute atomic E-state index is 12.0. The SMILES string of the molecule is CCC[C@H](C)NC(=O)c1ccc(NC(=O)C(C)C)cc1. The molecule has 2 N–H and O–H groups in total. The average Bonchev–Trinajstić information content (AvgIpc) is 2.39. The summed E-state index contributed by atoms with van der Waals surface area (Å²) in [7, 11) is 0. The molecule has 4 heteroatoms. The molecule has 0 aromatic heterocycles. The first kappa shape index (κ1) is 16.2. The summed E-state index contributed by atoms with van der Waals surface area (Å²) in [5.41, 5.74) is 1.32. The summed E-state index contributed by atoms with van der Waals surface area (Å²) in [4.78, 5) is 23.5. The third-order valence-corrected chi connectivity index (χ3v) is 3.04. The smallest absolute Gasteiger partial charge is 0.251 e. The Morgan fingerprint density at radius 3 is 2.20 bits per heavy atom. The second kappa shape index (κ2) is 7.68. The summed E-state index contributed by atoms with van der Waals surface area (Å²) in [6.45, 7) is 7.77. The van der Waals surface area contributed by atoms with Crippen molar-refractivity contribution >= 4 is 17.5 Å². The van der Waals surface area contributed by atoms with Gasteiger partial charge in [0.05, 0.1) is 0 Å². The minimum absolute atomic E-state index is 0.0289. The maximum Gasteiger partial charge on any atom is 0.251 e. The number of carbonyl (C=O) groups is 2. The van der Waals surface area contributed by atoms with Crippen LogP contribution in [-0.2, 0) is 4.79 Å². The number of rotatable bonds is 6. The summed E-state index contributed by atoms with van der Waals surface area (Å²) < 4.78 is 0. The van der Waals surface area contributed by atoms with E-state index in [4.69, 9.17) is 0 Å². The predicted molar refractivity (Wildman–Crippen MR) is 81.7 cm³/mol. The van der Waals surface area contributed by atoms with E-state index < -0.39 is 0 Å². The van der Waals surface area contributed by atoms with E-state index in [2.05, 4.69) is 17.6 Å². The van der Waals surface area contributed by atoms with Crippen LogP contribution >= 0.6 is 0 Å². The molecule has 0 aliphatic heterocycles. The lowest BCUT2D eigenvalue weighted by Crippen LogP contribution is -2.32. The van der Waals surface area contributed by atoms with E-state index in [1.165, 1.54) is 0 Å². The fourth-order valence-electron chi connectivity index (χ4n) is 1.80. The molecule has 0 aliphatic carbocycles. The van der Waals surface area contributed by atoms with Crippen LogP contribution in [0.2, 0.25) is 0 Å². The Labute approximate surface area is 121 Å². The highest BCUT2D eigenvalue weighted by molar-refractivity contribution is 5.96. The lowest BCUT2D eigenvalue weighted by atomic mass is 10.1. The van der Waals surface area contributed by atoms with Crippen LogP contribution in [0, 0.1) is 5.92 Å². The monoisotopic (exact) mass is 276 g/mol. The van der Waals surface area contributed by atoms with Crippen LogP contribution in [0.3, 0.4) is 0 Å². The zero-order chi connectivity index (χ0) is 15.1. The summed E-state index contributed by atoms with van der Waals surface area (Å²) in [6.07, 6.45) is 2.01. The number of benzene rings is 1. The molecule has 0 saturated heterocycles. The molecule has 2 amide bonds. The molecule has 1 atom stereocenters. The molecule has 4 nitrogen and oxygen atoms in total. The van der Waals surface area contributed by atoms with Crippen molar-refractivity contribution in [3.63, 3.8) is 0 Å². The number of amides is 2. The molecule has 110 valence electrons. The van der Waals surface area contributed by atoms with Crippen molar-refractivity contribution in [2.45, 2.75) is 46.6 Å². The molecule has 0 radical (unpaired) electrons. The standard InChI is InChI=1S/C16H24N2O2/c1-5-6-12(4)17-16(20)13-7-9-14(10-8-13)18-15(19)11(2)3/h7-12H,5-6H2,1-4H3,(H,17,20)(H,18,19)/t12-/m0/s1. The second-order valence-corrected chi connectivity index (χ2v) is 5.38. The maximum atomic E-state index is 12.0. The minimum atomic E-state index is -0.0762. The number of hydrogen-bond acceptors (Lipinski definition) is 2. The molecule has 0 saturated carbocycles. The summed E-state index contributed by atoms with van der Waals surface area (Å²) >= 11 is 0. The van der Waals surface area contributed by atoms with Crippen LogP contribution in [0.15, 0.2) is 24.3 Å². The fourth-order valence-corrected chi connectivity index (χ4v) is 1.80. The number of anilines is 1. The van der Waals surface area contributed by atoms with Gasteiger partial charge in [0.2, 0.25) is 5.91 Å². The highest BCUT2D eigenvalue weighted by Crippen LogP contribution is 2.11. The Hall–Kier alpha value is -1.84. The second-order valence-electron chi connectivity index (χ2n) is 5.38. The molecule has 0 aliphatic rings. The molecule has 0 heterocycles. The average molecular weight is 276 g/mol. The Morgan fingerprint density at radius 1 is 1.10 bits per heavy atom. The van der Waals surface area contributed by atoms with Crippen molar-refractivity contribution in [2.75, 3.05) is 5.32 Å². The minimum Gasteiger partial charge on any atom is -0.350 e. The topological polar surface area (TPSA) is 58.2 Å². The molecule has 0 unspecified atom stereocenters. The van der Waals surface area contributed by atoms with Gasteiger partial charge in [-0.2, -0.15) is 0 Å². The lowest BCUT2D eigenvalue weighted by molar-refractivity contribution is -0.118. The molecule has 0 fully saturated rings. The van der Waals surface area contributed by atoms with Gasteiger partial charge in [-0.05, 0) is 37.6 Å². The van der Waals surface area contributed by atoms with Crippen molar-refractivity contribution < 1.29 is 9.59 Å². The first-order valence-electron chi connectivity index (χ1n) is 7.15. The number of carbonyl (C=O) groups excluding carboxylic acids is 2. The third kappa shape index (κ3) is 5.03. The van der Waals surface area contributed by atoms with E-state index in [9.17, 15) is 9.59 Å². The van der Waals surface area contributed by atoms with Gasteiger partial charge in [0.1, 0.15) is 0 Å². The van der Waals surface area contributed by atoms with Crippen molar-refractivity contribution in [1.29, 1.82) is 0 Å². The summed E-state index contributed by atoms with van der Waals surface area (Å²) in [6, 6.07) is 7.13. The molecule has 20 heavy (non-hydrogen) atoms. The van der Waals surface area contributed by atoms with Gasteiger partial charge >= 0.3 is 0 Å². The molecular formula is C16H24N2O2. The Kier molecular flexibility index (Phi) is 6.22. The molecule has 1 aromatic rings. The van der Waals surface area contributed by atoms with Gasteiger partial charge < -0.3 is 10.6 Å². The molecule has 1 rings (SSSR count). The third-order valence-electron chi connectivity index (χ3n) is 3.04. The van der Waals surface area contributed by atoms with Crippen LogP contribution < -0.4 is 10.6 Å². The van der Waals surface area contributed by atoms with E-state index in [1.54, 1.807) is 24.3 Å². The summed E-state index contributed by atoms with van der Waals surface area (Å²) in [5, 5.41) is 5.75. The van der Waals surface area contributed by atoms with Crippen LogP contribution in [-0.4, -0.2) is 17.9 Å². The highest BCUT2D eigenvalue weighted by atomic mass is 16.2. The zero-order valence-corrected chi connectivity index (χ0v) is 12.7. The van der Waals surface area contributed by atoms with Gasteiger partial charge in [-0.3, -0.25) is 9.59 Å². The van der Waals surface area contributed by atoms with Crippen LogP contribution in [0.1, 0.15) is 50.9 Å². The zero-order valence-electron chi connectivity index (χ0n) is 12.7. The van der Waals surface area contributed by atoms with Gasteiger partial charge in [0.25, 0.3) is 5.91 Å². The van der Waals surface area contributed by atoms with Gasteiger partial charge in [-0.25, -0.2) is 0 Å². The van der Waals surface area contributed by atoms with Crippen LogP contribution in [0.5, 0.6) is 0 Å². The van der Waals surface area contributed by atoms with E-state index in [0.29, 0.717) is 11.3 Å². The van der Waals surface area contributed by atoms with Crippen LogP contribution in [0.4, 0.5) is 5.69 Å². The molecule has 1 aromatic carbocycles. The normalized spacial score (nSPS) is 12.1. The fraction of sp³-hybridized carbons (Fsp3) is 0.500. The van der Waals surface area contributed by atoms with E-state index >= 15 is 0 Å². The van der Waals surface area contributed by atoms with Crippen molar-refractivity contribution in [3.05, 3.63) is 29.8 Å². The largest absolute Gasteiger partial charge is 0.350 e. The first-order valence-corrected chi connectivity index (χ1v) is 7.15. The molecule has 0 spiro atoms. The predicted octanol–water partition coefficient (Wildman–Crippen LogP) is 3.20. The van der Waals surface area contributed by atoms with Crippen molar-refractivity contribution in [2.24, 2.45) is 5.92 Å². The number of hydrogen-bond donors (Lipinski definition) is 2. The van der Waals surface area contributed by atoms with E-state index in [-0.39, 0.29) is 23.8 Å². The van der Waals surface area contributed by atoms with Crippen LogP contribution in [0.25, 0.3) is 0 Å².